The zero-order chi connectivity index (χ0) is 9.68. The first kappa shape index (κ1) is 9.92. The van der Waals surface area contributed by atoms with Gasteiger partial charge in [0.25, 0.3) is 0 Å². The molecule has 0 aromatic carbocycles. The molecule has 0 aliphatic rings. The Morgan fingerprint density at radius 1 is 1.62 bits per heavy atom. The van der Waals surface area contributed by atoms with Gasteiger partial charge in [-0.15, -0.1) is 0 Å². The highest BCUT2D eigenvalue weighted by Crippen LogP contribution is 2.03. The van der Waals surface area contributed by atoms with E-state index in [0.29, 0.717) is 18.8 Å². The third-order valence-corrected chi connectivity index (χ3v) is 1.72. The van der Waals surface area contributed by atoms with Crippen LogP contribution in [-0.4, -0.2) is 22.7 Å². The summed E-state index contributed by atoms with van der Waals surface area (Å²) in [4.78, 5) is 3.79. The Balaban J connectivity index is 2.41. The fourth-order valence-corrected chi connectivity index (χ4v) is 0.847. The minimum absolute atomic E-state index is 0.360. The maximum atomic E-state index is 12.4. The van der Waals surface area contributed by atoms with Crippen molar-refractivity contribution in [3.05, 3.63) is 24.1 Å². The van der Waals surface area contributed by atoms with Crippen LogP contribution in [0.5, 0.6) is 0 Å². The van der Waals surface area contributed by atoms with E-state index < -0.39 is 0 Å². The number of anilines is 1. The van der Waals surface area contributed by atoms with Crippen molar-refractivity contribution in [2.45, 2.75) is 19.4 Å². The third-order valence-electron chi connectivity index (χ3n) is 1.72. The summed E-state index contributed by atoms with van der Waals surface area (Å²) in [5.41, 5.74) is 0. The molecular formula is C9H13FN2O. The number of hydrogen-bond acceptors (Lipinski definition) is 3. The molecule has 0 aliphatic heterocycles. The topological polar surface area (TPSA) is 45.1 Å². The molecule has 1 rings (SSSR count). The van der Waals surface area contributed by atoms with E-state index in [1.165, 1.54) is 12.1 Å². The van der Waals surface area contributed by atoms with E-state index in [9.17, 15) is 9.50 Å². The zero-order valence-electron chi connectivity index (χ0n) is 7.50. The fourth-order valence-electron chi connectivity index (χ4n) is 0.847. The van der Waals surface area contributed by atoms with Gasteiger partial charge in [0.2, 0.25) is 0 Å². The summed E-state index contributed by atoms with van der Waals surface area (Å²) in [5.74, 6) is 0.218. The van der Waals surface area contributed by atoms with Gasteiger partial charge in [-0.3, -0.25) is 0 Å². The monoisotopic (exact) mass is 184 g/mol. The van der Waals surface area contributed by atoms with Crippen LogP contribution in [0, 0.1) is 5.82 Å². The van der Waals surface area contributed by atoms with E-state index in [4.69, 9.17) is 0 Å². The van der Waals surface area contributed by atoms with Crippen molar-refractivity contribution >= 4 is 5.82 Å². The van der Waals surface area contributed by atoms with Crippen molar-refractivity contribution in [2.75, 3.05) is 11.9 Å². The number of nitrogens with zero attached hydrogens (tertiary/aromatic N) is 1. The number of pyridine rings is 1. The number of halogens is 1. The molecule has 2 N–H and O–H groups in total. The molecule has 0 bridgehead atoms. The Kier molecular flexibility index (Phi) is 3.64. The first-order valence-corrected chi connectivity index (χ1v) is 4.26. The van der Waals surface area contributed by atoms with Crippen LogP contribution in [0.25, 0.3) is 0 Å². The molecule has 1 aromatic rings. The average molecular weight is 184 g/mol. The quantitative estimate of drug-likeness (QED) is 0.743. The van der Waals surface area contributed by atoms with Gasteiger partial charge < -0.3 is 10.4 Å². The molecular weight excluding hydrogens is 171 g/mol. The van der Waals surface area contributed by atoms with Gasteiger partial charge in [-0.2, -0.15) is 0 Å². The predicted molar refractivity (Wildman–Crippen MR) is 49.0 cm³/mol. The number of aliphatic hydroxyl groups is 1. The average Bonchev–Trinajstić information content (AvgIpc) is 2.16. The van der Waals surface area contributed by atoms with Crippen LogP contribution >= 0.6 is 0 Å². The second-order valence-electron chi connectivity index (χ2n) is 2.80. The molecule has 1 heterocycles. The van der Waals surface area contributed by atoms with Gasteiger partial charge in [-0.1, -0.05) is 6.92 Å². The van der Waals surface area contributed by atoms with Crippen molar-refractivity contribution in [3.8, 4) is 0 Å². The Morgan fingerprint density at radius 3 is 2.92 bits per heavy atom. The summed E-state index contributed by atoms with van der Waals surface area (Å²) in [6.07, 6.45) is 1.45. The molecule has 0 amide bonds. The van der Waals surface area contributed by atoms with E-state index in [-0.39, 0.29) is 11.9 Å². The smallest absolute Gasteiger partial charge is 0.141 e. The van der Waals surface area contributed by atoms with E-state index in [2.05, 4.69) is 10.3 Å². The lowest BCUT2D eigenvalue weighted by Crippen LogP contribution is -2.18. The molecule has 72 valence electrons. The maximum absolute atomic E-state index is 12.4. The second kappa shape index (κ2) is 4.77. The fraction of sp³-hybridized carbons (Fsp3) is 0.444. The number of hydrogen-bond donors (Lipinski definition) is 2. The number of aliphatic hydroxyl groups excluding tert-OH is 1. The summed E-state index contributed by atoms with van der Waals surface area (Å²) in [7, 11) is 0. The first-order chi connectivity index (χ1) is 6.22. The van der Waals surface area contributed by atoms with Crippen molar-refractivity contribution in [1.82, 2.24) is 4.98 Å². The van der Waals surface area contributed by atoms with Crippen LogP contribution in [0.4, 0.5) is 10.2 Å². The Morgan fingerprint density at radius 2 is 2.38 bits per heavy atom. The summed E-state index contributed by atoms with van der Waals surface area (Å²) in [6, 6.07) is 2.87. The molecule has 0 fully saturated rings. The molecule has 3 nitrogen and oxygen atoms in total. The van der Waals surface area contributed by atoms with E-state index in [1.807, 2.05) is 6.92 Å². The highest BCUT2D eigenvalue weighted by atomic mass is 19.1. The minimum Gasteiger partial charge on any atom is -0.391 e. The van der Waals surface area contributed by atoms with Gasteiger partial charge in [-0.05, 0) is 18.6 Å². The zero-order valence-corrected chi connectivity index (χ0v) is 7.50. The lowest BCUT2D eigenvalue weighted by molar-refractivity contribution is 0.183. The van der Waals surface area contributed by atoms with E-state index in [0.717, 1.165) is 6.20 Å². The van der Waals surface area contributed by atoms with Crippen LogP contribution in [-0.2, 0) is 0 Å². The summed E-state index contributed by atoms with van der Waals surface area (Å²) < 4.78 is 12.4. The summed E-state index contributed by atoms with van der Waals surface area (Å²) >= 11 is 0. The van der Waals surface area contributed by atoms with Gasteiger partial charge in [0.1, 0.15) is 11.6 Å². The molecule has 0 spiro atoms. The van der Waals surface area contributed by atoms with Crippen molar-refractivity contribution in [1.29, 1.82) is 0 Å². The van der Waals surface area contributed by atoms with Crippen molar-refractivity contribution in [2.24, 2.45) is 0 Å². The van der Waals surface area contributed by atoms with Crippen molar-refractivity contribution in [3.63, 3.8) is 0 Å². The first-order valence-electron chi connectivity index (χ1n) is 4.26. The third kappa shape index (κ3) is 3.38. The summed E-state index contributed by atoms with van der Waals surface area (Å²) in [6.45, 7) is 2.33. The molecule has 0 saturated carbocycles. The van der Waals surface area contributed by atoms with Gasteiger partial charge in [0.05, 0.1) is 12.3 Å². The lowest BCUT2D eigenvalue weighted by Gasteiger charge is -2.09. The SMILES string of the molecule is CCC(O)CNc1ccc(F)cn1. The molecule has 0 aliphatic carbocycles. The largest absolute Gasteiger partial charge is 0.391 e. The van der Waals surface area contributed by atoms with Crippen molar-refractivity contribution < 1.29 is 9.50 Å². The van der Waals surface area contributed by atoms with Crippen LogP contribution in [0.1, 0.15) is 13.3 Å². The van der Waals surface area contributed by atoms with Crippen LogP contribution in [0.3, 0.4) is 0 Å². The van der Waals surface area contributed by atoms with Crippen LogP contribution < -0.4 is 5.32 Å². The van der Waals surface area contributed by atoms with E-state index >= 15 is 0 Å². The Labute approximate surface area is 76.6 Å². The van der Waals surface area contributed by atoms with Gasteiger partial charge in [0.15, 0.2) is 0 Å². The molecule has 0 saturated heterocycles. The maximum Gasteiger partial charge on any atom is 0.141 e. The normalized spacial score (nSPS) is 12.5. The summed E-state index contributed by atoms with van der Waals surface area (Å²) in [5, 5.41) is 12.1. The standard InChI is InChI=1S/C9H13FN2O/c1-2-8(13)6-12-9-4-3-7(10)5-11-9/h3-5,8,13H,2,6H2,1H3,(H,11,12). The number of rotatable bonds is 4. The van der Waals surface area contributed by atoms with Gasteiger partial charge >= 0.3 is 0 Å². The predicted octanol–water partition coefficient (Wildman–Crippen LogP) is 1.40. The number of nitrogens with one attached hydrogen (secondary N) is 1. The van der Waals surface area contributed by atoms with Crippen LogP contribution in [0.2, 0.25) is 0 Å². The lowest BCUT2D eigenvalue weighted by atomic mass is 10.3. The Hall–Kier alpha value is -1.16. The Bertz CT molecular complexity index is 250. The molecule has 1 atom stereocenters. The molecule has 1 unspecified atom stereocenters. The highest BCUT2D eigenvalue weighted by Gasteiger charge is 2.00. The van der Waals surface area contributed by atoms with Gasteiger partial charge in [-0.25, -0.2) is 9.37 Å². The molecule has 13 heavy (non-hydrogen) atoms. The van der Waals surface area contributed by atoms with Crippen LogP contribution in [0.15, 0.2) is 18.3 Å². The minimum atomic E-state index is -0.383. The number of aromatic nitrogens is 1. The van der Waals surface area contributed by atoms with E-state index in [1.54, 1.807) is 0 Å². The highest BCUT2D eigenvalue weighted by molar-refractivity contribution is 5.33. The molecule has 4 heteroatoms. The van der Waals surface area contributed by atoms with Gasteiger partial charge in [0, 0.05) is 6.54 Å². The molecule has 1 aromatic heterocycles. The molecule has 0 radical (unpaired) electrons. The second-order valence-corrected chi connectivity index (χ2v) is 2.80.